The molecule has 1 atom stereocenters. The maximum atomic E-state index is 11.3. The smallest absolute Gasteiger partial charge is 0.310 e. The van der Waals surface area contributed by atoms with E-state index in [4.69, 9.17) is 11.6 Å². The minimum atomic E-state index is -0.716. The lowest BCUT2D eigenvalue weighted by atomic mass is 9.90. The first kappa shape index (κ1) is 13.2. The number of hydrogen-bond donors (Lipinski definition) is 1. The van der Waals surface area contributed by atoms with Gasteiger partial charge >= 0.3 is 5.97 Å². The number of benzene rings is 1. The standard InChI is InChI=1S/C15H17ClO2/c16-13-8-5-11(6-9-13)7-10-14(15(17)18)12-3-1-2-4-12/h5-10,12,14H,1-4H2,(H,17,18). The Kier molecular flexibility index (Phi) is 4.43. The Morgan fingerprint density at radius 1 is 1.28 bits per heavy atom. The second-order valence-corrected chi connectivity index (χ2v) is 5.26. The molecular formula is C15H17ClO2. The van der Waals surface area contributed by atoms with Crippen LogP contribution in [-0.4, -0.2) is 11.1 Å². The number of rotatable bonds is 4. The zero-order valence-electron chi connectivity index (χ0n) is 10.2. The Morgan fingerprint density at radius 3 is 2.44 bits per heavy atom. The van der Waals surface area contributed by atoms with Gasteiger partial charge in [0.2, 0.25) is 0 Å². The average Bonchev–Trinajstić information content (AvgIpc) is 2.85. The van der Waals surface area contributed by atoms with E-state index in [1.54, 1.807) is 0 Å². The van der Waals surface area contributed by atoms with Gasteiger partial charge in [-0.25, -0.2) is 0 Å². The third-order valence-corrected chi connectivity index (χ3v) is 3.81. The first-order chi connectivity index (χ1) is 8.66. The van der Waals surface area contributed by atoms with E-state index in [0.29, 0.717) is 10.9 Å². The normalized spacial score (nSPS) is 18.3. The van der Waals surface area contributed by atoms with Crippen LogP contribution in [0.4, 0.5) is 0 Å². The van der Waals surface area contributed by atoms with Gasteiger partial charge in [0.25, 0.3) is 0 Å². The second-order valence-electron chi connectivity index (χ2n) is 4.82. The monoisotopic (exact) mass is 264 g/mol. The zero-order chi connectivity index (χ0) is 13.0. The first-order valence-corrected chi connectivity index (χ1v) is 6.71. The van der Waals surface area contributed by atoms with Crippen molar-refractivity contribution in [2.45, 2.75) is 25.7 Å². The predicted molar refractivity (Wildman–Crippen MR) is 73.6 cm³/mol. The molecule has 0 radical (unpaired) electrons. The number of carboxylic acids is 1. The van der Waals surface area contributed by atoms with Crippen LogP contribution in [0.25, 0.3) is 6.08 Å². The van der Waals surface area contributed by atoms with Crippen molar-refractivity contribution in [3.8, 4) is 0 Å². The minimum Gasteiger partial charge on any atom is -0.481 e. The van der Waals surface area contributed by atoms with E-state index in [1.165, 1.54) is 0 Å². The second kappa shape index (κ2) is 6.05. The Balaban J connectivity index is 2.08. The molecule has 2 rings (SSSR count). The fraction of sp³-hybridized carbons (Fsp3) is 0.400. The van der Waals surface area contributed by atoms with E-state index >= 15 is 0 Å². The van der Waals surface area contributed by atoms with Gasteiger partial charge in [0.15, 0.2) is 0 Å². The van der Waals surface area contributed by atoms with E-state index < -0.39 is 5.97 Å². The molecule has 1 aromatic carbocycles. The summed E-state index contributed by atoms with van der Waals surface area (Å²) in [6.45, 7) is 0. The molecule has 0 saturated heterocycles. The van der Waals surface area contributed by atoms with Crippen LogP contribution in [-0.2, 0) is 4.79 Å². The minimum absolute atomic E-state index is 0.297. The molecule has 1 aliphatic carbocycles. The summed E-state index contributed by atoms with van der Waals surface area (Å²) in [6, 6.07) is 7.41. The summed E-state index contributed by atoms with van der Waals surface area (Å²) < 4.78 is 0. The molecule has 1 aromatic rings. The molecule has 0 amide bonds. The van der Waals surface area contributed by atoms with E-state index in [2.05, 4.69) is 0 Å². The van der Waals surface area contributed by atoms with Gasteiger partial charge in [0, 0.05) is 5.02 Å². The molecule has 1 aliphatic rings. The molecule has 0 aliphatic heterocycles. The highest BCUT2D eigenvalue weighted by molar-refractivity contribution is 6.30. The van der Waals surface area contributed by atoms with Crippen molar-refractivity contribution >= 4 is 23.6 Å². The molecule has 96 valence electrons. The number of carbonyl (C=O) groups is 1. The van der Waals surface area contributed by atoms with Gasteiger partial charge < -0.3 is 5.11 Å². The van der Waals surface area contributed by atoms with Crippen LogP contribution in [0.3, 0.4) is 0 Å². The molecule has 2 nitrogen and oxygen atoms in total. The van der Waals surface area contributed by atoms with Crippen molar-refractivity contribution in [1.29, 1.82) is 0 Å². The first-order valence-electron chi connectivity index (χ1n) is 6.33. The van der Waals surface area contributed by atoms with Gasteiger partial charge in [0.1, 0.15) is 0 Å². The quantitative estimate of drug-likeness (QED) is 0.883. The van der Waals surface area contributed by atoms with Crippen molar-refractivity contribution in [3.05, 3.63) is 40.9 Å². The van der Waals surface area contributed by atoms with Gasteiger partial charge in [-0.05, 0) is 36.5 Å². The maximum absolute atomic E-state index is 11.3. The van der Waals surface area contributed by atoms with Gasteiger partial charge in [-0.2, -0.15) is 0 Å². The van der Waals surface area contributed by atoms with Crippen LogP contribution in [0.5, 0.6) is 0 Å². The highest BCUT2D eigenvalue weighted by Crippen LogP contribution is 2.32. The van der Waals surface area contributed by atoms with Crippen LogP contribution in [0, 0.1) is 11.8 Å². The molecule has 1 saturated carbocycles. The molecule has 0 spiro atoms. The summed E-state index contributed by atoms with van der Waals surface area (Å²) in [4.78, 5) is 11.3. The van der Waals surface area contributed by atoms with Crippen LogP contribution >= 0.6 is 11.6 Å². The van der Waals surface area contributed by atoms with Gasteiger partial charge in [-0.3, -0.25) is 4.79 Å². The lowest BCUT2D eigenvalue weighted by Crippen LogP contribution is -2.19. The molecule has 0 aromatic heterocycles. The largest absolute Gasteiger partial charge is 0.481 e. The topological polar surface area (TPSA) is 37.3 Å². The average molecular weight is 265 g/mol. The van der Waals surface area contributed by atoms with Crippen molar-refractivity contribution in [2.75, 3.05) is 0 Å². The van der Waals surface area contributed by atoms with Crippen LogP contribution in [0.2, 0.25) is 5.02 Å². The van der Waals surface area contributed by atoms with Crippen molar-refractivity contribution in [3.63, 3.8) is 0 Å². The van der Waals surface area contributed by atoms with E-state index in [9.17, 15) is 9.90 Å². The summed E-state index contributed by atoms with van der Waals surface area (Å²) in [7, 11) is 0. The number of hydrogen-bond acceptors (Lipinski definition) is 1. The van der Waals surface area contributed by atoms with E-state index in [-0.39, 0.29) is 5.92 Å². The molecule has 1 fully saturated rings. The summed E-state index contributed by atoms with van der Waals surface area (Å²) >= 11 is 5.81. The highest BCUT2D eigenvalue weighted by atomic mass is 35.5. The molecule has 3 heteroatoms. The van der Waals surface area contributed by atoms with Gasteiger partial charge in [0.05, 0.1) is 5.92 Å². The Labute approximate surface area is 112 Å². The van der Waals surface area contributed by atoms with Gasteiger partial charge in [-0.1, -0.05) is 48.7 Å². The summed E-state index contributed by atoms with van der Waals surface area (Å²) in [6.07, 6.45) is 8.07. The molecule has 0 heterocycles. The fourth-order valence-electron chi connectivity index (χ4n) is 2.55. The third kappa shape index (κ3) is 3.36. The lowest BCUT2D eigenvalue weighted by molar-refractivity contribution is -0.141. The molecule has 18 heavy (non-hydrogen) atoms. The number of carboxylic acid groups (broad SMARTS) is 1. The van der Waals surface area contributed by atoms with Crippen LogP contribution in [0.15, 0.2) is 30.3 Å². The lowest BCUT2D eigenvalue weighted by Gasteiger charge is -2.15. The van der Waals surface area contributed by atoms with Crippen molar-refractivity contribution in [2.24, 2.45) is 11.8 Å². The predicted octanol–water partition coefficient (Wildman–Crippen LogP) is 4.24. The summed E-state index contributed by atoms with van der Waals surface area (Å²) in [5.41, 5.74) is 0.989. The zero-order valence-corrected chi connectivity index (χ0v) is 10.9. The molecule has 0 bridgehead atoms. The van der Waals surface area contributed by atoms with Crippen LogP contribution in [0.1, 0.15) is 31.2 Å². The van der Waals surface area contributed by atoms with Crippen LogP contribution < -0.4 is 0 Å². The van der Waals surface area contributed by atoms with Gasteiger partial charge in [-0.15, -0.1) is 0 Å². The number of aliphatic carboxylic acids is 1. The maximum Gasteiger partial charge on any atom is 0.310 e. The van der Waals surface area contributed by atoms with Crippen molar-refractivity contribution in [1.82, 2.24) is 0 Å². The molecule has 1 N–H and O–H groups in total. The SMILES string of the molecule is O=C(O)C(C=Cc1ccc(Cl)cc1)C1CCCC1. The Hall–Kier alpha value is -1.28. The Morgan fingerprint density at radius 2 is 1.89 bits per heavy atom. The highest BCUT2D eigenvalue weighted by Gasteiger charge is 2.28. The number of halogens is 1. The Bertz CT molecular complexity index is 430. The molecular weight excluding hydrogens is 248 g/mol. The van der Waals surface area contributed by atoms with E-state index in [0.717, 1.165) is 31.2 Å². The molecule has 1 unspecified atom stereocenters. The van der Waals surface area contributed by atoms with Crippen molar-refractivity contribution < 1.29 is 9.90 Å². The summed E-state index contributed by atoms with van der Waals surface area (Å²) in [5.74, 6) is -0.777. The van der Waals surface area contributed by atoms with E-state index in [1.807, 2.05) is 36.4 Å². The third-order valence-electron chi connectivity index (χ3n) is 3.56. The fourth-order valence-corrected chi connectivity index (χ4v) is 2.67. The summed E-state index contributed by atoms with van der Waals surface area (Å²) in [5, 5.41) is 9.98.